The first kappa shape index (κ1) is 9.15. The lowest BCUT2D eigenvalue weighted by molar-refractivity contribution is 0.116. The monoisotopic (exact) mass is 171 g/mol. The Morgan fingerprint density at radius 1 is 1.67 bits per heavy atom. The molecule has 68 valence electrons. The summed E-state index contributed by atoms with van der Waals surface area (Å²) in [6.45, 7) is 4.96. The molecule has 1 rings (SSSR count). The molecule has 0 fully saturated rings. The Labute approximate surface area is 71.1 Å². The first-order chi connectivity index (χ1) is 5.93. The van der Waals surface area contributed by atoms with Crippen molar-refractivity contribution in [1.29, 1.82) is 0 Å². The molecule has 5 heteroatoms. The summed E-state index contributed by atoms with van der Waals surface area (Å²) in [4.78, 5) is 3.81. The Bertz CT molecular complexity index is 189. The van der Waals surface area contributed by atoms with Crippen LogP contribution in [0.25, 0.3) is 0 Å². The normalized spacial score (nSPS) is 10.4. The third-order valence-electron chi connectivity index (χ3n) is 1.31. The lowest BCUT2D eigenvalue weighted by atomic mass is 10.6. The predicted molar refractivity (Wildman–Crippen MR) is 42.5 cm³/mol. The topological polar surface area (TPSA) is 60.2 Å². The van der Waals surface area contributed by atoms with Gasteiger partial charge in [0.25, 0.3) is 0 Å². The van der Waals surface area contributed by atoms with E-state index in [2.05, 4.69) is 26.9 Å². The minimum absolute atomic E-state index is 0.419. The van der Waals surface area contributed by atoms with Gasteiger partial charge in [0.1, 0.15) is 6.61 Å². The van der Waals surface area contributed by atoms with Crippen LogP contribution < -0.4 is 5.32 Å². The molecule has 1 aromatic heterocycles. The van der Waals surface area contributed by atoms with Gasteiger partial charge in [-0.2, -0.15) is 4.98 Å². The molecule has 0 aliphatic heterocycles. The fourth-order valence-corrected chi connectivity index (χ4v) is 0.741. The first-order valence-electron chi connectivity index (χ1n) is 3.97. The van der Waals surface area contributed by atoms with Gasteiger partial charge < -0.3 is 14.6 Å². The maximum atomic E-state index is 5.23. The van der Waals surface area contributed by atoms with Gasteiger partial charge in [0, 0.05) is 6.54 Å². The van der Waals surface area contributed by atoms with Crippen molar-refractivity contribution in [2.24, 2.45) is 0 Å². The zero-order valence-electron chi connectivity index (χ0n) is 7.12. The highest BCUT2D eigenvalue weighted by molar-refractivity contribution is 4.72. The molecule has 0 aromatic carbocycles. The van der Waals surface area contributed by atoms with E-state index in [1.165, 1.54) is 6.39 Å². The van der Waals surface area contributed by atoms with Gasteiger partial charge in [0.2, 0.25) is 6.39 Å². The van der Waals surface area contributed by atoms with Gasteiger partial charge in [-0.3, -0.25) is 0 Å². The van der Waals surface area contributed by atoms with Crippen molar-refractivity contribution in [2.45, 2.75) is 13.5 Å². The molecular formula is C7H13N3O2. The number of nitrogens with one attached hydrogen (secondary N) is 1. The second kappa shape index (κ2) is 5.68. The van der Waals surface area contributed by atoms with Gasteiger partial charge in [-0.05, 0) is 6.54 Å². The van der Waals surface area contributed by atoms with E-state index in [4.69, 9.17) is 4.74 Å². The Balaban J connectivity index is 1.96. The van der Waals surface area contributed by atoms with Crippen LogP contribution in [0.4, 0.5) is 0 Å². The molecule has 12 heavy (non-hydrogen) atoms. The molecule has 0 radical (unpaired) electrons. The van der Waals surface area contributed by atoms with Gasteiger partial charge >= 0.3 is 0 Å². The second-order valence-corrected chi connectivity index (χ2v) is 2.25. The van der Waals surface area contributed by atoms with Crippen molar-refractivity contribution in [3.8, 4) is 0 Å². The van der Waals surface area contributed by atoms with Crippen LogP contribution >= 0.6 is 0 Å². The fourth-order valence-electron chi connectivity index (χ4n) is 0.741. The Morgan fingerprint density at radius 2 is 2.58 bits per heavy atom. The van der Waals surface area contributed by atoms with Crippen LogP contribution in [0.1, 0.15) is 12.7 Å². The highest BCUT2D eigenvalue weighted by Gasteiger charge is 1.96. The number of nitrogens with zero attached hydrogens (tertiary/aromatic N) is 2. The first-order valence-corrected chi connectivity index (χ1v) is 3.97. The summed E-state index contributed by atoms with van der Waals surface area (Å²) in [5.74, 6) is 0.589. The highest BCUT2D eigenvalue weighted by atomic mass is 16.5. The maximum absolute atomic E-state index is 5.23. The predicted octanol–water partition coefficient (Wildman–Crippen LogP) is 0.196. The summed E-state index contributed by atoms with van der Waals surface area (Å²) in [6.07, 6.45) is 1.29. The van der Waals surface area contributed by atoms with Crippen molar-refractivity contribution in [2.75, 3.05) is 19.7 Å². The number of hydrogen-bond acceptors (Lipinski definition) is 5. The van der Waals surface area contributed by atoms with Crippen molar-refractivity contribution in [3.05, 3.63) is 12.2 Å². The summed E-state index contributed by atoms with van der Waals surface area (Å²) in [5.41, 5.74) is 0. The average Bonchev–Trinajstić information content (AvgIpc) is 2.57. The van der Waals surface area contributed by atoms with E-state index in [-0.39, 0.29) is 0 Å². The van der Waals surface area contributed by atoms with Crippen molar-refractivity contribution in [3.63, 3.8) is 0 Å². The largest absolute Gasteiger partial charge is 0.372 e. The SMILES string of the molecule is CCNCCOCc1ncon1. The molecule has 1 aromatic rings. The summed E-state index contributed by atoms with van der Waals surface area (Å²) in [5, 5.41) is 6.74. The van der Waals surface area contributed by atoms with Crippen molar-refractivity contribution >= 4 is 0 Å². The molecule has 1 heterocycles. The maximum Gasteiger partial charge on any atom is 0.213 e. The smallest absolute Gasteiger partial charge is 0.213 e. The summed E-state index contributed by atoms with van der Waals surface area (Å²) < 4.78 is 9.77. The van der Waals surface area contributed by atoms with E-state index in [0.717, 1.165) is 13.1 Å². The molecule has 5 nitrogen and oxygen atoms in total. The summed E-state index contributed by atoms with van der Waals surface area (Å²) in [6, 6.07) is 0. The lowest BCUT2D eigenvalue weighted by Gasteiger charge is -2.00. The Morgan fingerprint density at radius 3 is 3.25 bits per heavy atom. The van der Waals surface area contributed by atoms with Crippen LogP contribution in [0.15, 0.2) is 10.9 Å². The molecule has 0 spiro atoms. The number of likely N-dealkylation sites (N-methyl/N-ethyl adjacent to an activating group) is 1. The van der Waals surface area contributed by atoms with E-state index < -0.39 is 0 Å². The molecule has 0 saturated heterocycles. The molecule has 1 N–H and O–H groups in total. The minimum atomic E-state index is 0.419. The van der Waals surface area contributed by atoms with Crippen LogP contribution in [-0.4, -0.2) is 29.8 Å². The van der Waals surface area contributed by atoms with E-state index in [1.54, 1.807) is 0 Å². The van der Waals surface area contributed by atoms with Gasteiger partial charge in [-0.1, -0.05) is 12.1 Å². The molecule has 0 aliphatic carbocycles. The van der Waals surface area contributed by atoms with Gasteiger partial charge in [0.05, 0.1) is 6.61 Å². The highest BCUT2D eigenvalue weighted by Crippen LogP contribution is 1.90. The third kappa shape index (κ3) is 3.45. The third-order valence-corrected chi connectivity index (χ3v) is 1.31. The van der Waals surface area contributed by atoms with Crippen LogP contribution in [0.2, 0.25) is 0 Å². The second-order valence-electron chi connectivity index (χ2n) is 2.25. The molecule has 0 bridgehead atoms. The molecular weight excluding hydrogens is 158 g/mol. The Hall–Kier alpha value is -0.940. The quantitative estimate of drug-likeness (QED) is 0.619. The summed E-state index contributed by atoms with van der Waals surface area (Å²) >= 11 is 0. The molecule has 0 saturated carbocycles. The van der Waals surface area contributed by atoms with Crippen LogP contribution in [-0.2, 0) is 11.3 Å². The zero-order valence-corrected chi connectivity index (χ0v) is 7.12. The number of hydrogen-bond donors (Lipinski definition) is 1. The number of ether oxygens (including phenoxy) is 1. The molecule has 0 amide bonds. The van der Waals surface area contributed by atoms with Gasteiger partial charge in [0.15, 0.2) is 5.82 Å². The Kier molecular flexibility index (Phi) is 4.33. The van der Waals surface area contributed by atoms with Crippen LogP contribution in [0.3, 0.4) is 0 Å². The average molecular weight is 171 g/mol. The standard InChI is InChI=1S/C7H13N3O2/c1-2-8-3-4-11-5-7-9-6-12-10-7/h6,8H,2-5H2,1H3. The summed E-state index contributed by atoms with van der Waals surface area (Å²) in [7, 11) is 0. The van der Waals surface area contributed by atoms with Crippen molar-refractivity contribution in [1.82, 2.24) is 15.5 Å². The van der Waals surface area contributed by atoms with Crippen molar-refractivity contribution < 1.29 is 9.26 Å². The van der Waals surface area contributed by atoms with Crippen LogP contribution in [0.5, 0.6) is 0 Å². The molecule has 0 unspecified atom stereocenters. The van der Waals surface area contributed by atoms with Gasteiger partial charge in [-0.15, -0.1) is 0 Å². The molecule has 0 atom stereocenters. The van der Waals surface area contributed by atoms with E-state index in [0.29, 0.717) is 19.0 Å². The zero-order chi connectivity index (χ0) is 8.65. The lowest BCUT2D eigenvalue weighted by Crippen LogP contribution is -2.18. The molecule has 0 aliphatic rings. The van der Waals surface area contributed by atoms with Crippen LogP contribution in [0, 0.1) is 0 Å². The van der Waals surface area contributed by atoms with E-state index in [1.807, 2.05) is 0 Å². The number of aromatic nitrogens is 2. The number of rotatable bonds is 6. The minimum Gasteiger partial charge on any atom is -0.372 e. The van der Waals surface area contributed by atoms with E-state index >= 15 is 0 Å². The van der Waals surface area contributed by atoms with E-state index in [9.17, 15) is 0 Å². The van der Waals surface area contributed by atoms with Gasteiger partial charge in [-0.25, -0.2) is 0 Å². The fraction of sp³-hybridized carbons (Fsp3) is 0.714.